The minimum atomic E-state index is -3.38. The van der Waals surface area contributed by atoms with Crippen molar-refractivity contribution in [2.75, 3.05) is 27.2 Å². The van der Waals surface area contributed by atoms with Crippen LogP contribution in [0, 0.1) is 0 Å². The van der Waals surface area contributed by atoms with Crippen molar-refractivity contribution in [3.05, 3.63) is 40.3 Å². The zero-order chi connectivity index (χ0) is 13.6. The Kier molecular flexibility index (Phi) is 5.81. The molecule has 0 atom stereocenters. The van der Waals surface area contributed by atoms with Gasteiger partial charge in [-0.25, -0.2) is 13.1 Å². The van der Waals surface area contributed by atoms with E-state index in [1.54, 1.807) is 24.3 Å². The van der Waals surface area contributed by atoms with Crippen molar-refractivity contribution < 1.29 is 8.42 Å². The molecule has 4 nitrogen and oxygen atoms in total. The van der Waals surface area contributed by atoms with Crippen LogP contribution in [-0.4, -0.2) is 40.5 Å². The van der Waals surface area contributed by atoms with Crippen molar-refractivity contribution >= 4 is 27.7 Å². The fourth-order valence-corrected chi connectivity index (χ4v) is 2.14. The van der Waals surface area contributed by atoms with Gasteiger partial charge in [-0.1, -0.05) is 23.7 Å². The van der Waals surface area contributed by atoms with Crippen molar-refractivity contribution in [1.29, 1.82) is 0 Å². The summed E-state index contributed by atoms with van der Waals surface area (Å²) in [6, 6.07) is 6.95. The summed E-state index contributed by atoms with van der Waals surface area (Å²) in [5.41, 5.74) is 0.789. The monoisotopic (exact) mass is 288 g/mol. The van der Waals surface area contributed by atoms with Crippen LogP contribution in [0.15, 0.2) is 29.7 Å². The molecule has 0 bridgehead atoms. The van der Waals surface area contributed by atoms with E-state index < -0.39 is 10.0 Å². The molecule has 18 heavy (non-hydrogen) atoms. The van der Waals surface area contributed by atoms with Crippen molar-refractivity contribution in [3.8, 4) is 0 Å². The van der Waals surface area contributed by atoms with Crippen LogP contribution in [-0.2, 0) is 10.0 Å². The van der Waals surface area contributed by atoms with E-state index in [2.05, 4.69) is 4.72 Å². The van der Waals surface area contributed by atoms with E-state index in [0.717, 1.165) is 11.0 Å². The zero-order valence-corrected chi connectivity index (χ0v) is 12.0. The molecule has 1 N–H and O–H groups in total. The summed E-state index contributed by atoms with van der Waals surface area (Å²) in [4.78, 5) is 1.91. The highest BCUT2D eigenvalue weighted by Gasteiger charge is 2.03. The fraction of sp³-hybridized carbons (Fsp3) is 0.333. The van der Waals surface area contributed by atoms with Crippen LogP contribution in [0.25, 0.3) is 6.08 Å². The van der Waals surface area contributed by atoms with Crippen LogP contribution in [0.1, 0.15) is 5.56 Å². The second-order valence-corrected chi connectivity index (χ2v) is 6.18. The largest absolute Gasteiger partial charge is 0.308 e. The molecule has 6 heteroatoms. The molecule has 0 aliphatic rings. The molecule has 0 saturated heterocycles. The number of hydrogen-bond acceptors (Lipinski definition) is 3. The highest BCUT2D eigenvalue weighted by atomic mass is 35.5. The van der Waals surface area contributed by atoms with E-state index in [4.69, 9.17) is 11.6 Å². The molecule has 0 amide bonds. The Bertz CT molecular complexity index is 495. The van der Waals surface area contributed by atoms with E-state index in [9.17, 15) is 8.42 Å². The average Bonchev–Trinajstić information content (AvgIpc) is 2.27. The lowest BCUT2D eigenvalue weighted by atomic mass is 10.2. The van der Waals surface area contributed by atoms with Crippen LogP contribution in [0.5, 0.6) is 0 Å². The number of benzene rings is 1. The normalized spacial score (nSPS) is 12.4. The van der Waals surface area contributed by atoms with Gasteiger partial charge in [0, 0.05) is 23.5 Å². The maximum absolute atomic E-state index is 11.6. The van der Waals surface area contributed by atoms with Crippen molar-refractivity contribution in [2.24, 2.45) is 0 Å². The predicted octanol–water partition coefficient (Wildman–Crippen LogP) is 1.79. The molecule has 0 fully saturated rings. The Morgan fingerprint density at radius 3 is 2.44 bits per heavy atom. The van der Waals surface area contributed by atoms with Gasteiger partial charge >= 0.3 is 0 Å². The Morgan fingerprint density at radius 1 is 1.28 bits per heavy atom. The minimum Gasteiger partial charge on any atom is -0.308 e. The SMILES string of the molecule is CN(C)CCNS(=O)(=O)/C=C/c1ccc(Cl)cc1. The Balaban J connectivity index is 2.57. The maximum Gasteiger partial charge on any atom is 0.233 e. The molecule has 100 valence electrons. The number of likely N-dealkylation sites (N-methyl/N-ethyl adjacent to an activating group) is 1. The van der Waals surface area contributed by atoms with Gasteiger partial charge in [-0.15, -0.1) is 0 Å². The van der Waals surface area contributed by atoms with E-state index in [1.165, 1.54) is 6.08 Å². The van der Waals surface area contributed by atoms with Gasteiger partial charge in [-0.05, 0) is 37.9 Å². The zero-order valence-electron chi connectivity index (χ0n) is 10.4. The predicted molar refractivity (Wildman–Crippen MR) is 76.0 cm³/mol. The van der Waals surface area contributed by atoms with Crippen LogP contribution >= 0.6 is 11.6 Å². The van der Waals surface area contributed by atoms with E-state index in [1.807, 2.05) is 19.0 Å². The van der Waals surface area contributed by atoms with E-state index in [0.29, 0.717) is 18.1 Å². The lowest BCUT2D eigenvalue weighted by molar-refractivity contribution is 0.413. The minimum absolute atomic E-state index is 0.389. The highest BCUT2D eigenvalue weighted by Crippen LogP contribution is 2.10. The van der Waals surface area contributed by atoms with Crippen LogP contribution < -0.4 is 4.72 Å². The van der Waals surface area contributed by atoms with Gasteiger partial charge in [0.25, 0.3) is 0 Å². The number of nitrogens with one attached hydrogen (secondary N) is 1. The van der Waals surface area contributed by atoms with Crippen molar-refractivity contribution in [1.82, 2.24) is 9.62 Å². The van der Waals surface area contributed by atoms with E-state index >= 15 is 0 Å². The third kappa shape index (κ3) is 6.16. The van der Waals surface area contributed by atoms with Gasteiger partial charge in [0.15, 0.2) is 0 Å². The van der Waals surface area contributed by atoms with Crippen molar-refractivity contribution in [2.45, 2.75) is 0 Å². The fourth-order valence-electron chi connectivity index (χ4n) is 1.20. The summed E-state index contributed by atoms with van der Waals surface area (Å²) in [5, 5.41) is 1.78. The molecule has 0 aliphatic carbocycles. The molecule has 1 aromatic carbocycles. The topological polar surface area (TPSA) is 49.4 Å². The first-order chi connectivity index (χ1) is 8.39. The highest BCUT2D eigenvalue weighted by molar-refractivity contribution is 7.92. The summed E-state index contributed by atoms with van der Waals surface area (Å²) >= 11 is 5.74. The van der Waals surface area contributed by atoms with Gasteiger partial charge in [0.1, 0.15) is 0 Å². The first-order valence-corrected chi connectivity index (χ1v) is 7.39. The number of halogens is 1. The smallest absolute Gasteiger partial charge is 0.233 e. The Hall–Kier alpha value is -0.880. The quantitative estimate of drug-likeness (QED) is 0.868. The summed E-state index contributed by atoms with van der Waals surface area (Å²) < 4.78 is 25.7. The molecule has 0 saturated carbocycles. The number of rotatable bonds is 6. The standard InChI is InChI=1S/C12H17ClN2O2S/c1-15(2)9-8-14-18(16,17)10-7-11-3-5-12(13)6-4-11/h3-7,10,14H,8-9H2,1-2H3/b10-7+. The van der Waals surface area contributed by atoms with Crippen LogP contribution in [0.2, 0.25) is 5.02 Å². The first-order valence-electron chi connectivity index (χ1n) is 5.47. The number of sulfonamides is 1. The summed E-state index contributed by atoms with van der Waals surface area (Å²) in [7, 11) is 0.398. The van der Waals surface area contributed by atoms with Gasteiger partial charge in [-0.2, -0.15) is 0 Å². The van der Waals surface area contributed by atoms with E-state index in [-0.39, 0.29) is 0 Å². The second-order valence-electron chi connectivity index (χ2n) is 4.10. The molecule has 1 rings (SSSR count). The molecular weight excluding hydrogens is 272 g/mol. The summed E-state index contributed by atoms with van der Waals surface area (Å²) in [6.07, 6.45) is 1.54. The molecule has 0 heterocycles. The molecule has 0 radical (unpaired) electrons. The third-order valence-electron chi connectivity index (χ3n) is 2.17. The lowest BCUT2D eigenvalue weighted by Gasteiger charge is -2.09. The molecule has 0 aliphatic heterocycles. The molecule has 0 unspecified atom stereocenters. The second kappa shape index (κ2) is 6.89. The molecule has 0 aromatic heterocycles. The van der Waals surface area contributed by atoms with Gasteiger partial charge < -0.3 is 4.90 Å². The Labute approximate surface area is 113 Å². The molecular formula is C12H17ClN2O2S. The Morgan fingerprint density at radius 2 is 1.89 bits per heavy atom. The molecule has 1 aromatic rings. The average molecular weight is 289 g/mol. The summed E-state index contributed by atoms with van der Waals surface area (Å²) in [6.45, 7) is 1.05. The van der Waals surface area contributed by atoms with Gasteiger partial charge in [0.2, 0.25) is 10.0 Å². The third-order valence-corrected chi connectivity index (χ3v) is 3.52. The number of hydrogen-bond donors (Lipinski definition) is 1. The summed E-state index contributed by atoms with van der Waals surface area (Å²) in [5.74, 6) is 0. The molecule has 0 spiro atoms. The first kappa shape index (κ1) is 15.2. The maximum atomic E-state index is 11.6. The van der Waals surface area contributed by atoms with Crippen LogP contribution in [0.4, 0.5) is 0 Å². The van der Waals surface area contributed by atoms with Crippen molar-refractivity contribution in [3.63, 3.8) is 0 Å². The van der Waals surface area contributed by atoms with Gasteiger partial charge in [0.05, 0.1) is 0 Å². The van der Waals surface area contributed by atoms with Gasteiger partial charge in [-0.3, -0.25) is 0 Å². The van der Waals surface area contributed by atoms with Crippen LogP contribution in [0.3, 0.4) is 0 Å². The number of nitrogens with zero attached hydrogens (tertiary/aromatic N) is 1. The lowest BCUT2D eigenvalue weighted by Crippen LogP contribution is -2.30.